The minimum absolute atomic E-state index is 0.0305. The number of hydrogen-bond acceptors (Lipinski definition) is 10. The van der Waals surface area contributed by atoms with Crippen molar-refractivity contribution in [1.29, 1.82) is 5.26 Å². The van der Waals surface area contributed by atoms with Gasteiger partial charge in [-0.05, 0) is 40.5 Å². The number of hydrogen-bond donors (Lipinski definition) is 0. The summed E-state index contributed by atoms with van der Waals surface area (Å²) in [6, 6.07) is 2.34. The lowest BCUT2D eigenvalue weighted by atomic mass is 10.1. The standard InChI is InChI=1S/C25H45N2O8P/c1-8-10-13-21(28)34-23-20(33-25(30-7)24(23)35-22(29)14-11-9-2)17-32-36(31-16-12-15-26)27(18(3)4)19(5)6/h18-20,23-25H,8-14,16-17H2,1-7H3/t20?,23-,24-,25?,36?/m1/s1. The summed E-state index contributed by atoms with van der Waals surface area (Å²) in [5.74, 6) is -0.781. The van der Waals surface area contributed by atoms with Gasteiger partial charge in [0.15, 0.2) is 18.5 Å². The monoisotopic (exact) mass is 532 g/mol. The predicted molar refractivity (Wildman–Crippen MR) is 136 cm³/mol. The Labute approximate surface area is 217 Å². The number of esters is 2. The average molecular weight is 533 g/mol. The van der Waals surface area contributed by atoms with Gasteiger partial charge in [0.2, 0.25) is 0 Å². The molecule has 3 unspecified atom stereocenters. The van der Waals surface area contributed by atoms with E-state index in [0.717, 1.165) is 12.8 Å². The zero-order chi connectivity index (χ0) is 27.1. The van der Waals surface area contributed by atoms with Crippen LogP contribution in [0.25, 0.3) is 0 Å². The summed E-state index contributed by atoms with van der Waals surface area (Å²) in [7, 11) is -0.0716. The third kappa shape index (κ3) is 11.0. The van der Waals surface area contributed by atoms with Gasteiger partial charge < -0.3 is 28.0 Å². The van der Waals surface area contributed by atoms with Crippen LogP contribution in [0.15, 0.2) is 0 Å². The quantitative estimate of drug-likeness (QED) is 0.138. The number of carbonyl (C=O) groups excluding carboxylic acids is 2. The number of unbranched alkanes of at least 4 members (excludes halogenated alkanes) is 2. The molecular weight excluding hydrogens is 487 g/mol. The highest BCUT2D eigenvalue weighted by Gasteiger charge is 2.50. The normalized spacial score (nSPS) is 22.7. The maximum Gasteiger partial charge on any atom is 0.306 e. The molecule has 0 radical (unpaired) electrons. The maximum atomic E-state index is 12.5. The fourth-order valence-corrected chi connectivity index (χ4v) is 5.41. The molecule has 1 saturated heterocycles. The van der Waals surface area contributed by atoms with E-state index in [1.165, 1.54) is 7.11 Å². The first-order valence-electron chi connectivity index (χ1n) is 13.0. The number of rotatable bonds is 18. The van der Waals surface area contributed by atoms with Crippen LogP contribution >= 0.6 is 8.53 Å². The lowest BCUT2D eigenvalue weighted by Crippen LogP contribution is -2.42. The van der Waals surface area contributed by atoms with Crippen LogP contribution in [0.5, 0.6) is 0 Å². The van der Waals surface area contributed by atoms with Crippen LogP contribution in [-0.4, -0.2) is 73.6 Å². The van der Waals surface area contributed by atoms with E-state index in [1.807, 2.05) is 41.5 Å². The molecule has 0 saturated carbocycles. The Hall–Kier alpha value is -1.34. The van der Waals surface area contributed by atoms with Gasteiger partial charge in [0.1, 0.15) is 6.10 Å². The number of ether oxygens (including phenoxy) is 4. The van der Waals surface area contributed by atoms with Gasteiger partial charge in [-0.3, -0.25) is 9.59 Å². The summed E-state index contributed by atoms with van der Waals surface area (Å²) in [5, 5.41) is 8.93. The Kier molecular flexibility index (Phi) is 16.3. The van der Waals surface area contributed by atoms with Crippen molar-refractivity contribution in [2.45, 2.75) is 123 Å². The first kappa shape index (κ1) is 32.7. The van der Waals surface area contributed by atoms with Gasteiger partial charge in [0.25, 0.3) is 8.53 Å². The first-order valence-corrected chi connectivity index (χ1v) is 14.1. The van der Waals surface area contributed by atoms with E-state index in [4.69, 9.17) is 33.3 Å². The molecule has 1 aliphatic heterocycles. The predicted octanol–water partition coefficient (Wildman–Crippen LogP) is 4.85. The van der Waals surface area contributed by atoms with Crippen molar-refractivity contribution in [3.05, 3.63) is 0 Å². The number of carbonyl (C=O) groups is 2. The molecule has 1 heterocycles. The third-order valence-electron chi connectivity index (χ3n) is 5.52. The van der Waals surface area contributed by atoms with E-state index in [9.17, 15) is 9.59 Å². The van der Waals surface area contributed by atoms with E-state index in [2.05, 4.69) is 10.7 Å². The molecule has 0 aliphatic carbocycles. The van der Waals surface area contributed by atoms with Gasteiger partial charge in [-0.15, -0.1) is 0 Å². The molecule has 5 atom stereocenters. The third-order valence-corrected chi connectivity index (χ3v) is 7.59. The van der Waals surface area contributed by atoms with E-state index >= 15 is 0 Å². The smallest absolute Gasteiger partial charge is 0.306 e. The van der Waals surface area contributed by atoms with Crippen molar-refractivity contribution in [3.63, 3.8) is 0 Å². The number of nitrogens with zero attached hydrogens (tertiary/aromatic N) is 2. The van der Waals surface area contributed by atoms with E-state index in [1.54, 1.807) is 0 Å². The lowest BCUT2D eigenvalue weighted by Gasteiger charge is -2.36. The molecular formula is C25H45N2O8P. The minimum atomic E-state index is -1.52. The molecule has 36 heavy (non-hydrogen) atoms. The largest absolute Gasteiger partial charge is 0.455 e. The molecule has 1 aliphatic rings. The van der Waals surface area contributed by atoms with Gasteiger partial charge in [-0.25, -0.2) is 4.67 Å². The van der Waals surface area contributed by atoms with Crippen molar-refractivity contribution in [3.8, 4) is 6.07 Å². The highest BCUT2D eigenvalue weighted by Crippen LogP contribution is 2.46. The van der Waals surface area contributed by atoms with Crippen molar-refractivity contribution < 1.29 is 37.6 Å². The first-order chi connectivity index (χ1) is 17.2. The molecule has 1 fully saturated rings. The highest BCUT2D eigenvalue weighted by atomic mass is 31.2. The molecule has 10 nitrogen and oxygen atoms in total. The summed E-state index contributed by atoms with van der Waals surface area (Å²) in [4.78, 5) is 25.0. The maximum absolute atomic E-state index is 12.5. The molecule has 0 bridgehead atoms. The van der Waals surface area contributed by atoms with E-state index < -0.39 is 39.1 Å². The zero-order valence-corrected chi connectivity index (χ0v) is 23.8. The van der Waals surface area contributed by atoms with Crippen LogP contribution < -0.4 is 0 Å². The van der Waals surface area contributed by atoms with Crippen LogP contribution in [0.1, 0.15) is 86.5 Å². The Morgan fingerprint density at radius 1 is 0.972 bits per heavy atom. The van der Waals surface area contributed by atoms with E-state index in [0.29, 0.717) is 12.8 Å². The molecule has 0 spiro atoms. The summed E-state index contributed by atoms with van der Waals surface area (Å²) in [6.45, 7) is 12.4. The fourth-order valence-electron chi connectivity index (χ4n) is 3.80. The summed E-state index contributed by atoms with van der Waals surface area (Å²) < 4.78 is 37.2. The summed E-state index contributed by atoms with van der Waals surface area (Å²) in [6.07, 6.45) is 0.440. The Bertz CT molecular complexity index is 679. The molecule has 0 aromatic carbocycles. The lowest BCUT2D eigenvalue weighted by molar-refractivity contribution is -0.183. The zero-order valence-electron chi connectivity index (χ0n) is 22.9. The van der Waals surface area contributed by atoms with Crippen molar-refractivity contribution >= 4 is 20.5 Å². The molecule has 0 N–H and O–H groups in total. The van der Waals surface area contributed by atoms with Crippen LogP contribution in [0.2, 0.25) is 0 Å². The Morgan fingerprint density at radius 2 is 1.53 bits per heavy atom. The molecule has 0 aromatic heterocycles. The SMILES string of the molecule is CCCCC(=O)O[C@@H]1C(COP(OCCC#N)N(C(C)C)C(C)C)OC(OC)[C@@H]1OC(=O)CCCC. The summed E-state index contributed by atoms with van der Waals surface area (Å²) >= 11 is 0. The van der Waals surface area contributed by atoms with Gasteiger partial charge >= 0.3 is 11.9 Å². The average Bonchev–Trinajstić information content (AvgIpc) is 3.14. The van der Waals surface area contributed by atoms with Crippen LogP contribution in [0.3, 0.4) is 0 Å². The Balaban J connectivity index is 3.08. The van der Waals surface area contributed by atoms with Crippen molar-refractivity contribution in [1.82, 2.24) is 4.67 Å². The number of nitriles is 1. The van der Waals surface area contributed by atoms with Gasteiger partial charge in [0.05, 0.1) is 25.7 Å². The second-order valence-electron chi connectivity index (χ2n) is 9.24. The van der Waals surface area contributed by atoms with Gasteiger partial charge in [-0.2, -0.15) is 5.26 Å². The highest BCUT2D eigenvalue weighted by molar-refractivity contribution is 7.44. The second kappa shape index (κ2) is 18.0. The summed E-state index contributed by atoms with van der Waals surface area (Å²) in [5.41, 5.74) is 0. The molecule has 11 heteroatoms. The van der Waals surface area contributed by atoms with Crippen molar-refractivity contribution in [2.75, 3.05) is 20.3 Å². The number of methoxy groups -OCH3 is 1. The topological polar surface area (TPSA) is 117 Å². The minimum Gasteiger partial charge on any atom is -0.455 e. The van der Waals surface area contributed by atoms with Crippen LogP contribution in [-0.2, 0) is 37.6 Å². The van der Waals surface area contributed by atoms with Gasteiger partial charge in [0, 0.05) is 32.0 Å². The second-order valence-corrected chi connectivity index (χ2v) is 10.7. The van der Waals surface area contributed by atoms with Gasteiger partial charge in [-0.1, -0.05) is 26.7 Å². The fraction of sp³-hybridized carbons (Fsp3) is 0.880. The molecule has 0 aromatic rings. The van der Waals surface area contributed by atoms with Crippen molar-refractivity contribution in [2.24, 2.45) is 0 Å². The van der Waals surface area contributed by atoms with Crippen LogP contribution in [0, 0.1) is 11.3 Å². The molecule has 1 rings (SSSR count). The molecule has 208 valence electrons. The Morgan fingerprint density at radius 3 is 2.00 bits per heavy atom. The van der Waals surface area contributed by atoms with E-state index in [-0.39, 0.29) is 50.5 Å². The molecule has 0 amide bonds. The van der Waals surface area contributed by atoms with Crippen LogP contribution in [0.4, 0.5) is 0 Å².